The minimum atomic E-state index is -3.80. The molecule has 7 nitrogen and oxygen atoms in total. The number of sulfonamides is 1. The van der Waals surface area contributed by atoms with Crippen molar-refractivity contribution in [3.63, 3.8) is 0 Å². The molecule has 0 aliphatic rings. The molecule has 0 bridgehead atoms. The van der Waals surface area contributed by atoms with Gasteiger partial charge in [0.15, 0.2) is 11.6 Å². The van der Waals surface area contributed by atoms with E-state index in [1.54, 1.807) is 6.92 Å². The van der Waals surface area contributed by atoms with Gasteiger partial charge in [-0.1, -0.05) is 36.8 Å². The Hall–Kier alpha value is -3.01. The first kappa shape index (κ1) is 28.2. The zero-order chi connectivity index (χ0) is 26.2. The number of nitrogens with one attached hydrogen (secondary N) is 1. The number of amides is 2. The summed E-state index contributed by atoms with van der Waals surface area (Å²) in [4.78, 5) is 27.2. The largest absolute Gasteiger partial charge is 0.354 e. The Labute approximate surface area is 206 Å². The lowest BCUT2D eigenvalue weighted by molar-refractivity contribution is -0.140. The zero-order valence-electron chi connectivity index (χ0n) is 20.6. The number of carbonyl (C=O) groups excluding carboxylic acids is 2. The molecule has 35 heavy (non-hydrogen) atoms. The molecule has 0 saturated heterocycles. The van der Waals surface area contributed by atoms with Crippen LogP contribution >= 0.6 is 0 Å². The lowest BCUT2D eigenvalue weighted by atomic mass is 10.1. The summed E-state index contributed by atoms with van der Waals surface area (Å²) in [5, 5.41) is 2.80. The predicted molar refractivity (Wildman–Crippen MR) is 132 cm³/mol. The lowest BCUT2D eigenvalue weighted by Crippen LogP contribution is -2.47. The van der Waals surface area contributed by atoms with Crippen LogP contribution in [0.3, 0.4) is 0 Å². The van der Waals surface area contributed by atoms with Gasteiger partial charge in [0.1, 0.15) is 6.04 Å². The molecule has 2 rings (SSSR count). The fourth-order valence-corrected chi connectivity index (χ4v) is 4.47. The SMILES string of the molecule is CCCNC(=O)[C@@H](C)N(Cc1ccc(C)cc1)C(=O)CCCN(c1ccc(F)c(F)c1)S(C)(=O)=O. The molecule has 0 spiro atoms. The summed E-state index contributed by atoms with van der Waals surface area (Å²) in [6.07, 6.45) is 1.81. The highest BCUT2D eigenvalue weighted by Gasteiger charge is 2.26. The molecule has 0 aliphatic carbocycles. The number of nitrogens with zero attached hydrogens (tertiary/aromatic N) is 2. The van der Waals surface area contributed by atoms with E-state index in [4.69, 9.17) is 0 Å². The fraction of sp³-hybridized carbons (Fsp3) is 0.440. The van der Waals surface area contributed by atoms with E-state index in [-0.39, 0.29) is 43.4 Å². The van der Waals surface area contributed by atoms with Gasteiger partial charge in [-0.2, -0.15) is 0 Å². The minimum absolute atomic E-state index is 0.0253. The van der Waals surface area contributed by atoms with Crippen LogP contribution < -0.4 is 9.62 Å². The highest BCUT2D eigenvalue weighted by Crippen LogP contribution is 2.21. The van der Waals surface area contributed by atoms with Gasteiger partial charge in [0.2, 0.25) is 21.8 Å². The van der Waals surface area contributed by atoms with Crippen LogP contribution in [-0.2, 0) is 26.2 Å². The van der Waals surface area contributed by atoms with E-state index in [9.17, 15) is 26.8 Å². The average Bonchev–Trinajstić information content (AvgIpc) is 2.80. The molecule has 2 amide bonds. The van der Waals surface area contributed by atoms with Crippen LogP contribution in [0, 0.1) is 18.6 Å². The third-order valence-corrected chi connectivity index (χ3v) is 6.73. The molecule has 0 radical (unpaired) electrons. The van der Waals surface area contributed by atoms with Crippen molar-refractivity contribution in [2.24, 2.45) is 0 Å². The first-order valence-corrected chi connectivity index (χ1v) is 13.3. The maximum atomic E-state index is 13.7. The molecule has 0 aliphatic heterocycles. The summed E-state index contributed by atoms with van der Waals surface area (Å²) in [7, 11) is -3.80. The van der Waals surface area contributed by atoms with Crippen molar-refractivity contribution < 1.29 is 26.8 Å². The fourth-order valence-electron chi connectivity index (χ4n) is 3.51. The molecule has 0 aromatic heterocycles. The highest BCUT2D eigenvalue weighted by molar-refractivity contribution is 7.92. The molecular weight excluding hydrogens is 476 g/mol. The number of benzene rings is 2. The van der Waals surface area contributed by atoms with Gasteiger partial charge in [0.25, 0.3) is 0 Å². The van der Waals surface area contributed by atoms with Crippen molar-refractivity contribution in [2.45, 2.75) is 52.6 Å². The van der Waals surface area contributed by atoms with Crippen molar-refractivity contribution in [2.75, 3.05) is 23.7 Å². The summed E-state index contributed by atoms with van der Waals surface area (Å²) in [5.74, 6) is -2.83. The molecular formula is C25H33F2N3O4S. The molecule has 2 aromatic carbocycles. The Morgan fingerprint density at radius 1 is 1.06 bits per heavy atom. The molecule has 0 heterocycles. The number of halogens is 2. The van der Waals surface area contributed by atoms with Crippen molar-refractivity contribution in [3.8, 4) is 0 Å². The van der Waals surface area contributed by atoms with E-state index in [2.05, 4.69) is 5.32 Å². The number of hydrogen-bond donors (Lipinski definition) is 1. The quantitative estimate of drug-likeness (QED) is 0.472. The van der Waals surface area contributed by atoms with E-state index in [1.165, 1.54) is 11.0 Å². The van der Waals surface area contributed by atoms with E-state index >= 15 is 0 Å². The number of rotatable bonds is 12. The van der Waals surface area contributed by atoms with E-state index < -0.39 is 27.7 Å². The maximum absolute atomic E-state index is 13.7. The minimum Gasteiger partial charge on any atom is -0.354 e. The second-order valence-electron chi connectivity index (χ2n) is 8.51. The third kappa shape index (κ3) is 8.31. The van der Waals surface area contributed by atoms with Crippen LogP contribution in [0.1, 0.15) is 44.2 Å². The number of carbonyl (C=O) groups is 2. The van der Waals surface area contributed by atoms with Crippen molar-refractivity contribution >= 4 is 27.5 Å². The summed E-state index contributed by atoms with van der Waals surface area (Å²) in [6, 6.07) is 9.73. The predicted octanol–water partition coefficient (Wildman–Crippen LogP) is 3.76. The summed E-state index contributed by atoms with van der Waals surface area (Å²) < 4.78 is 52.4. The van der Waals surface area contributed by atoms with E-state index in [0.717, 1.165) is 40.2 Å². The van der Waals surface area contributed by atoms with E-state index in [0.29, 0.717) is 6.54 Å². The van der Waals surface area contributed by atoms with Gasteiger partial charge < -0.3 is 10.2 Å². The van der Waals surface area contributed by atoms with Gasteiger partial charge >= 0.3 is 0 Å². The molecule has 0 unspecified atom stereocenters. The normalized spacial score (nSPS) is 12.2. The molecule has 2 aromatic rings. The second kappa shape index (κ2) is 12.6. The lowest BCUT2D eigenvalue weighted by Gasteiger charge is -2.29. The maximum Gasteiger partial charge on any atom is 0.242 e. The smallest absolute Gasteiger partial charge is 0.242 e. The van der Waals surface area contributed by atoms with Crippen LogP contribution in [0.4, 0.5) is 14.5 Å². The second-order valence-corrected chi connectivity index (χ2v) is 10.4. The van der Waals surface area contributed by atoms with Crippen LogP contribution in [0.25, 0.3) is 0 Å². The number of hydrogen-bond acceptors (Lipinski definition) is 4. The van der Waals surface area contributed by atoms with Crippen molar-refractivity contribution in [1.29, 1.82) is 0 Å². The highest BCUT2D eigenvalue weighted by atomic mass is 32.2. The Morgan fingerprint density at radius 2 is 1.71 bits per heavy atom. The summed E-state index contributed by atoms with van der Waals surface area (Å²) >= 11 is 0. The Morgan fingerprint density at radius 3 is 2.29 bits per heavy atom. The van der Waals surface area contributed by atoms with Gasteiger partial charge in [-0.25, -0.2) is 17.2 Å². The van der Waals surface area contributed by atoms with Crippen LogP contribution in [0.2, 0.25) is 0 Å². The topological polar surface area (TPSA) is 86.8 Å². The molecule has 0 fully saturated rings. The summed E-state index contributed by atoms with van der Waals surface area (Å²) in [6.45, 7) is 6.15. The standard InChI is InChI=1S/C25H33F2N3O4S/c1-5-14-28-25(32)19(3)29(17-20-10-8-18(2)9-11-20)24(31)7-6-15-30(35(4,33)34)21-12-13-22(26)23(27)16-21/h8-13,16,19H,5-7,14-15,17H2,1-4H3,(H,28,32)/t19-/m1/s1. The van der Waals surface area contributed by atoms with Crippen LogP contribution in [-0.4, -0.2) is 50.5 Å². The zero-order valence-corrected chi connectivity index (χ0v) is 21.4. The number of anilines is 1. The molecule has 10 heteroatoms. The molecule has 0 saturated carbocycles. The Balaban J connectivity index is 2.16. The first-order valence-electron chi connectivity index (χ1n) is 11.5. The Bertz CT molecular complexity index is 1120. The summed E-state index contributed by atoms with van der Waals surface area (Å²) in [5.41, 5.74) is 1.90. The molecule has 1 atom stereocenters. The van der Waals surface area contributed by atoms with E-state index in [1.807, 2.05) is 38.1 Å². The first-order chi connectivity index (χ1) is 16.4. The monoisotopic (exact) mass is 509 g/mol. The van der Waals surface area contributed by atoms with Gasteiger partial charge in [-0.3, -0.25) is 13.9 Å². The van der Waals surface area contributed by atoms with Crippen molar-refractivity contribution in [1.82, 2.24) is 10.2 Å². The Kier molecular flexibility index (Phi) is 10.2. The van der Waals surface area contributed by atoms with Gasteiger partial charge in [0.05, 0.1) is 11.9 Å². The number of aryl methyl sites for hydroxylation is 1. The average molecular weight is 510 g/mol. The van der Waals surface area contributed by atoms with Gasteiger partial charge in [-0.15, -0.1) is 0 Å². The van der Waals surface area contributed by atoms with Crippen LogP contribution in [0.5, 0.6) is 0 Å². The third-order valence-electron chi connectivity index (χ3n) is 5.53. The van der Waals surface area contributed by atoms with Gasteiger partial charge in [-0.05, 0) is 44.4 Å². The van der Waals surface area contributed by atoms with Gasteiger partial charge in [0, 0.05) is 32.1 Å². The molecule has 192 valence electrons. The van der Waals surface area contributed by atoms with Crippen LogP contribution in [0.15, 0.2) is 42.5 Å². The molecule has 1 N–H and O–H groups in total. The van der Waals surface area contributed by atoms with Crippen molar-refractivity contribution in [3.05, 3.63) is 65.2 Å².